The number of nitrogens with zero attached hydrogens (tertiary/aromatic N) is 2. The first kappa shape index (κ1) is 29.6. The van der Waals surface area contributed by atoms with Crippen molar-refractivity contribution >= 4 is 11.8 Å². The van der Waals surface area contributed by atoms with Gasteiger partial charge in [-0.25, -0.2) is 14.3 Å². The number of carboxylic acids is 1. The first-order valence-corrected chi connectivity index (χ1v) is 13.7. The van der Waals surface area contributed by atoms with Crippen molar-refractivity contribution < 1.29 is 14.4 Å². The van der Waals surface area contributed by atoms with Crippen LogP contribution in [0.3, 0.4) is 0 Å². The zero-order valence-electron chi connectivity index (χ0n) is 21.5. The van der Waals surface area contributed by atoms with Crippen LogP contribution in [-0.4, -0.2) is 34.1 Å². The van der Waals surface area contributed by atoms with E-state index in [4.69, 9.17) is 5.73 Å². The molecule has 1 aliphatic heterocycles. The summed E-state index contributed by atoms with van der Waals surface area (Å²) in [5.74, 6) is 0.0629. The summed E-state index contributed by atoms with van der Waals surface area (Å²) in [6.45, 7) is 5.62. The second-order valence-electron chi connectivity index (χ2n) is 9.90. The number of allylic oxidation sites excluding steroid dienone is 1. The Hall–Kier alpha value is -1.46. The predicted octanol–water partition coefficient (Wildman–Crippen LogP) is 7.67. The molecule has 0 saturated heterocycles. The van der Waals surface area contributed by atoms with Gasteiger partial charge in [-0.3, -0.25) is 5.73 Å². The highest BCUT2D eigenvalue weighted by Crippen LogP contribution is 2.23. The van der Waals surface area contributed by atoms with Crippen LogP contribution in [0.25, 0.3) is 0 Å². The van der Waals surface area contributed by atoms with Gasteiger partial charge < -0.3 is 5.11 Å². The van der Waals surface area contributed by atoms with Gasteiger partial charge in [-0.2, -0.15) is 0 Å². The van der Waals surface area contributed by atoms with Gasteiger partial charge in [0.1, 0.15) is 12.4 Å². The van der Waals surface area contributed by atoms with E-state index in [1.165, 1.54) is 109 Å². The third-order valence-corrected chi connectivity index (χ3v) is 6.97. The van der Waals surface area contributed by atoms with E-state index in [0.717, 1.165) is 18.7 Å². The molecule has 1 rings (SSSR count). The van der Waals surface area contributed by atoms with Crippen LogP contribution in [0.15, 0.2) is 30.0 Å². The molecule has 0 spiro atoms. The van der Waals surface area contributed by atoms with Gasteiger partial charge in [0.2, 0.25) is 5.84 Å². The average molecular weight is 463 g/mol. The topological polar surface area (TPSA) is 75.7 Å². The van der Waals surface area contributed by atoms with Gasteiger partial charge in [-0.15, -0.1) is 6.58 Å². The van der Waals surface area contributed by atoms with Crippen molar-refractivity contribution in [2.24, 2.45) is 10.7 Å². The van der Waals surface area contributed by atoms with E-state index in [1.807, 2.05) is 19.2 Å². The number of hydrogen-bond donors (Lipinski definition) is 2. The Morgan fingerprint density at radius 3 is 1.73 bits per heavy atom. The van der Waals surface area contributed by atoms with Gasteiger partial charge in [0.15, 0.2) is 6.54 Å². The van der Waals surface area contributed by atoms with E-state index in [9.17, 15) is 9.90 Å². The van der Waals surface area contributed by atoms with Crippen molar-refractivity contribution in [2.75, 3.05) is 6.54 Å². The number of quaternary nitrogens is 1. The van der Waals surface area contributed by atoms with Crippen molar-refractivity contribution in [1.29, 1.82) is 0 Å². The van der Waals surface area contributed by atoms with E-state index in [1.54, 1.807) is 6.20 Å². The molecule has 0 fully saturated rings. The summed E-state index contributed by atoms with van der Waals surface area (Å²) in [6.07, 6.45) is 30.2. The fourth-order valence-corrected chi connectivity index (χ4v) is 4.81. The van der Waals surface area contributed by atoms with E-state index >= 15 is 0 Å². The average Bonchev–Trinajstić information content (AvgIpc) is 3.18. The number of unbranched alkanes of at least 4 members (excludes halogenated alkanes) is 17. The van der Waals surface area contributed by atoms with E-state index < -0.39 is 5.97 Å². The summed E-state index contributed by atoms with van der Waals surface area (Å²) in [7, 11) is 0. The Morgan fingerprint density at radius 1 is 0.909 bits per heavy atom. The lowest BCUT2D eigenvalue weighted by Gasteiger charge is -2.34. The molecule has 0 bridgehead atoms. The lowest BCUT2D eigenvalue weighted by molar-refractivity contribution is -0.805. The molecule has 0 aromatic rings. The smallest absolute Gasteiger partial charge is 0.360 e. The summed E-state index contributed by atoms with van der Waals surface area (Å²) in [4.78, 5) is 15.7. The number of rotatable bonds is 23. The standard InChI is InChI=1S/C28H51N3O2/c1-3-4-5-6-7-8-9-10-11-12-13-14-15-16-17-18-19-20-21-22-27-30-23-24-31(27,26(2)29)25-28(32)33/h3,23-24,26H,1,4-22,25,29H2,2H3/p+1. The summed E-state index contributed by atoms with van der Waals surface area (Å²) >= 11 is 0. The van der Waals surface area contributed by atoms with Gasteiger partial charge in [0, 0.05) is 13.3 Å². The second kappa shape index (κ2) is 18.9. The van der Waals surface area contributed by atoms with Gasteiger partial charge in [-0.1, -0.05) is 102 Å². The SMILES string of the molecule is C=CCCCCCCCCCCCCCCCCCCCC1=NC=C[N+]1(CC(=O)O)C(C)N. The number of aliphatic imine (C=N–C) groups is 1. The molecule has 3 N–H and O–H groups in total. The van der Waals surface area contributed by atoms with E-state index in [0.29, 0.717) is 0 Å². The van der Waals surface area contributed by atoms with Crippen molar-refractivity contribution in [3.63, 3.8) is 0 Å². The van der Waals surface area contributed by atoms with Gasteiger partial charge in [0.05, 0.1) is 6.20 Å². The van der Waals surface area contributed by atoms with Crippen molar-refractivity contribution in [3.8, 4) is 0 Å². The number of carboxylic acid groups (broad SMARTS) is 1. The number of aliphatic carboxylic acids is 1. The Balaban J connectivity index is 1.90. The number of hydrogen-bond acceptors (Lipinski definition) is 3. The van der Waals surface area contributed by atoms with Crippen molar-refractivity contribution in [2.45, 2.75) is 135 Å². The molecular formula is C28H52N3O2+. The molecule has 0 aromatic heterocycles. The normalized spacial score (nSPS) is 18.4. The van der Waals surface area contributed by atoms with Crippen LogP contribution in [0.1, 0.15) is 129 Å². The number of amidine groups is 1. The molecule has 0 aliphatic carbocycles. The highest BCUT2D eigenvalue weighted by Gasteiger charge is 2.40. The predicted molar refractivity (Wildman–Crippen MR) is 141 cm³/mol. The zero-order chi connectivity index (χ0) is 24.2. The Labute approximate surface area is 203 Å². The van der Waals surface area contributed by atoms with Crippen LogP contribution in [0.2, 0.25) is 0 Å². The fraction of sp³-hybridized carbons (Fsp3) is 0.786. The summed E-state index contributed by atoms with van der Waals surface area (Å²) in [5.41, 5.74) is 6.12. The second-order valence-corrected chi connectivity index (χ2v) is 9.90. The van der Waals surface area contributed by atoms with Crippen LogP contribution in [0, 0.1) is 0 Å². The molecular weight excluding hydrogens is 410 g/mol. The Morgan fingerprint density at radius 2 is 1.33 bits per heavy atom. The fourth-order valence-electron chi connectivity index (χ4n) is 4.81. The van der Waals surface area contributed by atoms with Crippen LogP contribution >= 0.6 is 0 Å². The van der Waals surface area contributed by atoms with Crippen LogP contribution < -0.4 is 5.73 Å². The summed E-state index contributed by atoms with van der Waals surface area (Å²) in [6, 6.07) is 0. The van der Waals surface area contributed by atoms with Crippen molar-refractivity contribution in [1.82, 2.24) is 0 Å². The highest BCUT2D eigenvalue weighted by molar-refractivity contribution is 5.81. The van der Waals surface area contributed by atoms with Gasteiger partial charge in [-0.05, 0) is 19.3 Å². The lowest BCUT2D eigenvalue weighted by atomic mass is 10.0. The Bertz CT molecular complexity index is 586. The zero-order valence-corrected chi connectivity index (χ0v) is 21.5. The lowest BCUT2D eigenvalue weighted by Crippen LogP contribution is -2.59. The minimum absolute atomic E-state index is 0.0244. The summed E-state index contributed by atoms with van der Waals surface area (Å²) in [5, 5.41) is 9.28. The molecule has 33 heavy (non-hydrogen) atoms. The molecule has 0 amide bonds. The number of carbonyl (C=O) groups is 1. The molecule has 1 aliphatic rings. The molecule has 5 heteroatoms. The molecule has 2 unspecified atom stereocenters. The van der Waals surface area contributed by atoms with Crippen LogP contribution in [0.4, 0.5) is 0 Å². The first-order chi connectivity index (χ1) is 16.0. The molecule has 0 radical (unpaired) electrons. The maximum atomic E-state index is 11.3. The van der Waals surface area contributed by atoms with Gasteiger partial charge in [0.25, 0.3) is 0 Å². The first-order valence-electron chi connectivity index (χ1n) is 13.7. The van der Waals surface area contributed by atoms with Crippen molar-refractivity contribution in [3.05, 3.63) is 25.1 Å². The minimum Gasteiger partial charge on any atom is -0.477 e. The van der Waals surface area contributed by atoms with Gasteiger partial charge >= 0.3 is 5.97 Å². The molecule has 0 saturated carbocycles. The van der Waals surface area contributed by atoms with Crippen LogP contribution in [0.5, 0.6) is 0 Å². The minimum atomic E-state index is -0.836. The van der Waals surface area contributed by atoms with Crippen LogP contribution in [-0.2, 0) is 4.79 Å². The summed E-state index contributed by atoms with van der Waals surface area (Å²) < 4.78 is 0.172. The maximum absolute atomic E-state index is 11.3. The Kier molecular flexibility index (Phi) is 16.9. The highest BCUT2D eigenvalue weighted by atomic mass is 16.4. The monoisotopic (exact) mass is 462 g/mol. The number of nitrogens with two attached hydrogens (primary N) is 1. The molecule has 2 atom stereocenters. The quantitative estimate of drug-likeness (QED) is 0.0929. The third kappa shape index (κ3) is 13.1. The van der Waals surface area contributed by atoms with E-state index in [2.05, 4.69) is 11.6 Å². The van der Waals surface area contributed by atoms with E-state index in [-0.39, 0.29) is 17.2 Å². The molecule has 0 aromatic carbocycles. The molecule has 1 heterocycles. The maximum Gasteiger partial charge on any atom is 0.360 e. The third-order valence-electron chi connectivity index (χ3n) is 6.97. The molecule has 190 valence electrons. The largest absolute Gasteiger partial charge is 0.477 e. The molecule has 5 nitrogen and oxygen atoms in total.